The van der Waals surface area contributed by atoms with Crippen LogP contribution in [0.2, 0.25) is 0 Å². The van der Waals surface area contributed by atoms with Crippen molar-refractivity contribution in [2.45, 2.75) is 50.5 Å². The fraction of sp³-hybridized carbons (Fsp3) is 0.588. The van der Waals surface area contributed by atoms with Crippen molar-refractivity contribution in [2.24, 2.45) is 10.7 Å². The van der Waals surface area contributed by atoms with Crippen LogP contribution in [-0.2, 0) is 0 Å². The fourth-order valence-corrected chi connectivity index (χ4v) is 3.32. The Bertz CT molecular complexity index is 506. The predicted molar refractivity (Wildman–Crippen MR) is 99.2 cm³/mol. The number of halogens is 2. The van der Waals surface area contributed by atoms with E-state index in [9.17, 15) is 4.39 Å². The van der Waals surface area contributed by atoms with Gasteiger partial charge in [0, 0.05) is 13.1 Å². The maximum absolute atomic E-state index is 13.7. The minimum Gasteiger partial charge on any atom is -0.370 e. The van der Waals surface area contributed by atoms with Crippen molar-refractivity contribution in [3.8, 4) is 0 Å². The van der Waals surface area contributed by atoms with Crippen molar-refractivity contribution >= 4 is 29.9 Å². The summed E-state index contributed by atoms with van der Waals surface area (Å²) in [6, 6.07) is 7.33. The van der Waals surface area contributed by atoms with Crippen molar-refractivity contribution in [2.75, 3.05) is 13.1 Å². The average molecular weight is 417 g/mol. The monoisotopic (exact) mass is 417 g/mol. The van der Waals surface area contributed by atoms with Gasteiger partial charge in [-0.1, -0.05) is 31.0 Å². The number of guanidine groups is 1. The fourth-order valence-electron chi connectivity index (χ4n) is 3.32. The van der Waals surface area contributed by atoms with E-state index in [2.05, 4.69) is 9.89 Å². The van der Waals surface area contributed by atoms with Crippen LogP contribution in [0.1, 0.15) is 50.0 Å². The first-order valence-electron chi connectivity index (χ1n) is 8.06. The summed E-state index contributed by atoms with van der Waals surface area (Å²) in [7, 11) is 0. The van der Waals surface area contributed by atoms with E-state index in [1.165, 1.54) is 31.7 Å². The second-order valence-corrected chi connectivity index (χ2v) is 6.23. The highest BCUT2D eigenvalue weighted by atomic mass is 127. The minimum atomic E-state index is -0.0922. The summed E-state index contributed by atoms with van der Waals surface area (Å²) in [6.45, 7) is 2.05. The van der Waals surface area contributed by atoms with E-state index in [0.29, 0.717) is 11.9 Å². The quantitative estimate of drug-likeness (QED) is 0.451. The van der Waals surface area contributed by atoms with E-state index < -0.39 is 0 Å². The highest BCUT2D eigenvalue weighted by molar-refractivity contribution is 14.0. The number of aliphatic imine (C=N–C) groups is 1. The van der Waals surface area contributed by atoms with Gasteiger partial charge in [0.15, 0.2) is 5.96 Å². The molecule has 3 rings (SSSR count). The topological polar surface area (TPSA) is 41.6 Å². The molecule has 2 aliphatic rings. The number of likely N-dealkylation sites (tertiary alicyclic amines) is 1. The highest BCUT2D eigenvalue weighted by Crippen LogP contribution is 2.39. The molecule has 122 valence electrons. The number of rotatable bonds is 2. The lowest BCUT2D eigenvalue weighted by molar-refractivity contribution is 0.336. The zero-order valence-corrected chi connectivity index (χ0v) is 15.2. The smallest absolute Gasteiger partial charge is 0.191 e. The molecule has 1 aromatic rings. The van der Waals surface area contributed by atoms with Crippen molar-refractivity contribution in [3.05, 3.63) is 35.6 Å². The Balaban J connectivity index is 0.00000176. The van der Waals surface area contributed by atoms with E-state index in [4.69, 9.17) is 5.73 Å². The van der Waals surface area contributed by atoms with Gasteiger partial charge < -0.3 is 10.6 Å². The summed E-state index contributed by atoms with van der Waals surface area (Å²) < 4.78 is 13.7. The third kappa shape index (κ3) is 4.12. The summed E-state index contributed by atoms with van der Waals surface area (Å²) in [4.78, 5) is 6.86. The molecule has 1 saturated heterocycles. The van der Waals surface area contributed by atoms with Crippen LogP contribution in [0.15, 0.2) is 29.3 Å². The van der Waals surface area contributed by atoms with Crippen molar-refractivity contribution in [1.82, 2.24) is 4.90 Å². The van der Waals surface area contributed by atoms with Crippen molar-refractivity contribution in [1.29, 1.82) is 0 Å². The lowest BCUT2D eigenvalue weighted by Crippen LogP contribution is -2.40. The number of hydrogen-bond donors (Lipinski definition) is 1. The average Bonchev–Trinajstić information content (AvgIpc) is 2.72. The lowest BCUT2D eigenvalue weighted by Gasteiger charge is -2.34. The lowest BCUT2D eigenvalue weighted by atomic mass is 9.76. The summed E-state index contributed by atoms with van der Waals surface area (Å²) >= 11 is 0. The Kier molecular flexibility index (Phi) is 6.47. The van der Waals surface area contributed by atoms with E-state index in [1.807, 2.05) is 12.1 Å². The standard InChI is InChI=1S/C17H24FN3.HI/c18-16-8-4-3-7-15(16)13-11-14(12-13)20-17(19)21-9-5-1-2-6-10-21;/h3-4,7-8,13-14H,1-2,5-6,9-12H2,(H2,19,20);1H. The van der Waals surface area contributed by atoms with Crippen LogP contribution in [0.3, 0.4) is 0 Å². The van der Waals surface area contributed by atoms with Gasteiger partial charge in [0.1, 0.15) is 5.82 Å². The maximum Gasteiger partial charge on any atom is 0.191 e. The van der Waals surface area contributed by atoms with Crippen LogP contribution >= 0.6 is 24.0 Å². The highest BCUT2D eigenvalue weighted by Gasteiger charge is 2.32. The van der Waals surface area contributed by atoms with Crippen LogP contribution in [0.5, 0.6) is 0 Å². The molecule has 0 unspecified atom stereocenters. The maximum atomic E-state index is 13.7. The Morgan fingerprint density at radius 3 is 2.36 bits per heavy atom. The Labute approximate surface area is 149 Å². The molecular weight excluding hydrogens is 392 g/mol. The second kappa shape index (κ2) is 8.13. The van der Waals surface area contributed by atoms with Crippen LogP contribution in [0.25, 0.3) is 0 Å². The van der Waals surface area contributed by atoms with E-state index in [1.54, 1.807) is 6.07 Å². The summed E-state index contributed by atoms with van der Waals surface area (Å²) in [5.41, 5.74) is 6.97. The molecule has 0 atom stereocenters. The van der Waals surface area contributed by atoms with Crippen molar-refractivity contribution < 1.29 is 4.39 Å². The SMILES string of the molecule is I.NC(=NC1CC(c2ccccc2F)C1)N1CCCCCC1. The molecule has 1 aliphatic heterocycles. The Morgan fingerprint density at radius 1 is 1.09 bits per heavy atom. The molecule has 2 fully saturated rings. The molecule has 22 heavy (non-hydrogen) atoms. The van der Waals surface area contributed by atoms with Gasteiger partial charge in [0.25, 0.3) is 0 Å². The molecular formula is C17H25FIN3. The van der Waals surface area contributed by atoms with E-state index in [0.717, 1.165) is 31.5 Å². The Hall–Kier alpha value is -0.850. The van der Waals surface area contributed by atoms with Gasteiger partial charge in [-0.2, -0.15) is 0 Å². The van der Waals surface area contributed by atoms with E-state index >= 15 is 0 Å². The Morgan fingerprint density at radius 2 is 1.73 bits per heavy atom. The normalized spacial score (nSPS) is 25.9. The molecule has 1 heterocycles. The van der Waals surface area contributed by atoms with Gasteiger partial charge in [-0.3, -0.25) is 0 Å². The number of hydrogen-bond acceptors (Lipinski definition) is 1. The van der Waals surface area contributed by atoms with Gasteiger partial charge in [0.2, 0.25) is 0 Å². The molecule has 3 nitrogen and oxygen atoms in total. The molecule has 0 radical (unpaired) electrons. The molecule has 2 N–H and O–H groups in total. The molecule has 0 aromatic heterocycles. The molecule has 0 amide bonds. The van der Waals surface area contributed by atoms with E-state index in [-0.39, 0.29) is 35.8 Å². The summed E-state index contributed by atoms with van der Waals surface area (Å²) in [5, 5.41) is 0. The molecule has 1 aromatic carbocycles. The summed E-state index contributed by atoms with van der Waals surface area (Å²) in [6.07, 6.45) is 6.83. The first-order valence-corrected chi connectivity index (χ1v) is 8.06. The molecule has 5 heteroatoms. The second-order valence-electron chi connectivity index (χ2n) is 6.23. The van der Waals surface area contributed by atoms with Gasteiger partial charge >= 0.3 is 0 Å². The van der Waals surface area contributed by atoms with Crippen LogP contribution in [0.4, 0.5) is 4.39 Å². The third-order valence-corrected chi connectivity index (χ3v) is 4.70. The molecule has 0 spiro atoms. The summed E-state index contributed by atoms with van der Waals surface area (Å²) in [5.74, 6) is 0.899. The number of nitrogens with two attached hydrogens (primary N) is 1. The molecule has 1 saturated carbocycles. The first kappa shape index (κ1) is 17.5. The van der Waals surface area contributed by atoms with Crippen LogP contribution < -0.4 is 5.73 Å². The van der Waals surface area contributed by atoms with Crippen LogP contribution in [-0.4, -0.2) is 30.0 Å². The zero-order valence-electron chi connectivity index (χ0n) is 12.9. The number of nitrogens with zero attached hydrogens (tertiary/aromatic N) is 2. The minimum absolute atomic E-state index is 0. The van der Waals surface area contributed by atoms with Gasteiger partial charge in [-0.25, -0.2) is 9.38 Å². The number of benzene rings is 1. The third-order valence-electron chi connectivity index (χ3n) is 4.70. The molecule has 0 bridgehead atoms. The zero-order chi connectivity index (χ0) is 14.7. The first-order chi connectivity index (χ1) is 10.2. The van der Waals surface area contributed by atoms with Gasteiger partial charge in [-0.05, 0) is 43.2 Å². The van der Waals surface area contributed by atoms with Crippen molar-refractivity contribution in [3.63, 3.8) is 0 Å². The van der Waals surface area contributed by atoms with Gasteiger partial charge in [0.05, 0.1) is 6.04 Å². The van der Waals surface area contributed by atoms with Gasteiger partial charge in [-0.15, -0.1) is 24.0 Å². The largest absolute Gasteiger partial charge is 0.370 e. The predicted octanol–water partition coefficient (Wildman–Crippen LogP) is 3.88. The molecule has 1 aliphatic carbocycles. The van der Waals surface area contributed by atoms with Crippen LogP contribution in [0, 0.1) is 5.82 Å².